The number of rotatable bonds is 5. The molecule has 36 heavy (non-hydrogen) atoms. The molecule has 0 bridgehead atoms. The summed E-state index contributed by atoms with van der Waals surface area (Å²) in [5.41, 5.74) is -0.533. The molecule has 0 saturated carbocycles. The number of aliphatic hydroxyl groups is 1. The standard InChI is InChI=1S/C27H32F4N2O3.H2/c1-25(2,35)15-21-9-8-20(14-22(21)28)24(34)33-12-10-26(11-13-33)17-32(18-27(29,30)31)16-23(36-26)19-6-4-3-5-7-19;/h3-9,14,23,35H,10-13,15-18H2,1-2H3;1H. The third-order valence-electron chi connectivity index (χ3n) is 6.79. The third kappa shape index (κ3) is 6.63. The molecule has 1 atom stereocenters. The van der Waals surface area contributed by atoms with Crippen LogP contribution in [0.15, 0.2) is 48.5 Å². The van der Waals surface area contributed by atoms with Gasteiger partial charge in [-0.3, -0.25) is 9.69 Å². The number of likely N-dealkylation sites (tertiary alicyclic amines) is 1. The highest BCUT2D eigenvalue weighted by atomic mass is 19.4. The number of carbonyl (C=O) groups is 1. The molecule has 0 radical (unpaired) electrons. The average Bonchev–Trinajstić information content (AvgIpc) is 2.79. The van der Waals surface area contributed by atoms with Gasteiger partial charge in [-0.2, -0.15) is 13.2 Å². The summed E-state index contributed by atoms with van der Waals surface area (Å²) in [6, 6.07) is 13.5. The normalized spacial score (nSPS) is 21.1. The molecule has 1 N–H and O–H groups in total. The summed E-state index contributed by atoms with van der Waals surface area (Å²) >= 11 is 0. The lowest BCUT2D eigenvalue weighted by molar-refractivity contribution is -0.205. The van der Waals surface area contributed by atoms with Gasteiger partial charge < -0.3 is 14.7 Å². The number of amides is 1. The van der Waals surface area contributed by atoms with Gasteiger partial charge in [0.2, 0.25) is 0 Å². The minimum Gasteiger partial charge on any atom is -0.390 e. The SMILES string of the molecule is CC(C)(O)Cc1ccc(C(=O)N2CCC3(CC2)CN(CC(F)(F)F)CC(c2ccccc2)O3)cc1F.[HH]. The van der Waals surface area contributed by atoms with E-state index >= 15 is 0 Å². The topological polar surface area (TPSA) is 53.0 Å². The van der Waals surface area contributed by atoms with E-state index in [1.54, 1.807) is 24.8 Å². The predicted molar refractivity (Wildman–Crippen MR) is 129 cm³/mol. The highest BCUT2D eigenvalue weighted by molar-refractivity contribution is 5.94. The van der Waals surface area contributed by atoms with Crippen molar-refractivity contribution >= 4 is 5.91 Å². The van der Waals surface area contributed by atoms with Crippen molar-refractivity contribution in [3.63, 3.8) is 0 Å². The Hall–Kier alpha value is -2.49. The number of morpholine rings is 1. The first-order chi connectivity index (χ1) is 16.8. The predicted octanol–water partition coefficient (Wildman–Crippen LogP) is 5.00. The molecule has 9 heteroatoms. The van der Waals surface area contributed by atoms with Crippen LogP contribution in [0.25, 0.3) is 0 Å². The van der Waals surface area contributed by atoms with E-state index in [0.717, 1.165) is 5.56 Å². The molecular formula is C27H34F4N2O3. The molecule has 2 aromatic carbocycles. The minimum absolute atomic E-state index is 0. The lowest BCUT2D eigenvalue weighted by Crippen LogP contribution is -2.59. The Bertz CT molecular complexity index is 1070. The van der Waals surface area contributed by atoms with Gasteiger partial charge in [-0.05, 0) is 49.9 Å². The quantitative estimate of drug-likeness (QED) is 0.576. The molecule has 0 aliphatic carbocycles. The van der Waals surface area contributed by atoms with Gasteiger partial charge in [-0.1, -0.05) is 36.4 Å². The van der Waals surface area contributed by atoms with Crippen LogP contribution in [-0.4, -0.2) is 70.9 Å². The van der Waals surface area contributed by atoms with Crippen molar-refractivity contribution in [3.8, 4) is 0 Å². The van der Waals surface area contributed by atoms with E-state index in [-0.39, 0.29) is 32.4 Å². The number of alkyl halides is 3. The lowest BCUT2D eigenvalue weighted by Gasteiger charge is -2.50. The van der Waals surface area contributed by atoms with Crippen LogP contribution < -0.4 is 0 Å². The van der Waals surface area contributed by atoms with Crippen molar-refractivity contribution in [2.45, 2.75) is 56.6 Å². The van der Waals surface area contributed by atoms with Crippen molar-refractivity contribution in [1.82, 2.24) is 9.80 Å². The molecule has 0 aromatic heterocycles. The van der Waals surface area contributed by atoms with E-state index in [1.807, 2.05) is 30.3 Å². The van der Waals surface area contributed by atoms with E-state index in [9.17, 15) is 27.5 Å². The Morgan fingerprint density at radius 1 is 1.14 bits per heavy atom. The number of nitrogens with zero attached hydrogens (tertiary/aromatic N) is 2. The zero-order valence-electron chi connectivity index (χ0n) is 20.5. The van der Waals surface area contributed by atoms with Gasteiger partial charge >= 0.3 is 6.18 Å². The Morgan fingerprint density at radius 2 is 1.81 bits per heavy atom. The monoisotopic (exact) mass is 510 g/mol. The highest BCUT2D eigenvalue weighted by Crippen LogP contribution is 2.39. The highest BCUT2D eigenvalue weighted by Gasteiger charge is 2.46. The Balaban J connectivity index is 0.00000380. The molecule has 2 aromatic rings. The second kappa shape index (κ2) is 10.1. The summed E-state index contributed by atoms with van der Waals surface area (Å²) in [7, 11) is 0. The molecule has 5 nitrogen and oxygen atoms in total. The number of benzene rings is 2. The van der Waals surface area contributed by atoms with Gasteiger partial charge in [0.25, 0.3) is 5.91 Å². The molecule has 2 aliphatic rings. The fourth-order valence-corrected chi connectivity index (χ4v) is 5.16. The number of carbonyl (C=O) groups excluding carboxylic acids is 1. The van der Waals surface area contributed by atoms with E-state index in [2.05, 4.69) is 0 Å². The van der Waals surface area contributed by atoms with Crippen molar-refractivity contribution in [2.24, 2.45) is 0 Å². The van der Waals surface area contributed by atoms with Crippen LogP contribution in [0.5, 0.6) is 0 Å². The number of ether oxygens (including phenoxy) is 1. The first-order valence-corrected chi connectivity index (χ1v) is 12.1. The Morgan fingerprint density at radius 3 is 2.39 bits per heavy atom. The molecular weight excluding hydrogens is 476 g/mol. The first kappa shape index (κ1) is 26.6. The van der Waals surface area contributed by atoms with Gasteiger partial charge in [0, 0.05) is 39.6 Å². The Kier molecular flexibility index (Phi) is 7.46. The second-order valence-corrected chi connectivity index (χ2v) is 10.6. The number of halogens is 4. The van der Waals surface area contributed by atoms with Gasteiger partial charge in [0.1, 0.15) is 5.82 Å². The molecule has 2 heterocycles. The maximum absolute atomic E-state index is 14.6. The number of hydrogen-bond acceptors (Lipinski definition) is 4. The zero-order chi connectivity index (χ0) is 26.1. The second-order valence-electron chi connectivity index (χ2n) is 10.6. The molecule has 4 rings (SSSR count). The summed E-state index contributed by atoms with van der Waals surface area (Å²) in [6.07, 6.45) is -3.93. The maximum atomic E-state index is 14.6. The number of hydrogen-bond donors (Lipinski definition) is 1. The summed E-state index contributed by atoms with van der Waals surface area (Å²) in [4.78, 5) is 16.1. The first-order valence-electron chi connectivity index (χ1n) is 12.1. The van der Waals surface area contributed by atoms with Crippen molar-refractivity contribution < 1.29 is 33.6 Å². The molecule has 1 unspecified atom stereocenters. The average molecular weight is 511 g/mol. The molecule has 1 spiro atoms. The van der Waals surface area contributed by atoms with Gasteiger partial charge in [0.05, 0.1) is 23.9 Å². The van der Waals surface area contributed by atoms with E-state index < -0.39 is 35.8 Å². The lowest BCUT2D eigenvalue weighted by atomic mass is 9.87. The summed E-state index contributed by atoms with van der Waals surface area (Å²) in [5, 5.41) is 9.95. The fraction of sp³-hybridized carbons (Fsp3) is 0.519. The maximum Gasteiger partial charge on any atom is 0.401 e. The summed E-state index contributed by atoms with van der Waals surface area (Å²) in [6.45, 7) is 3.03. The number of piperidine rings is 1. The van der Waals surface area contributed by atoms with Crippen LogP contribution in [0.4, 0.5) is 17.6 Å². The van der Waals surface area contributed by atoms with Crippen LogP contribution in [0, 0.1) is 5.82 Å². The van der Waals surface area contributed by atoms with Gasteiger partial charge in [-0.15, -0.1) is 0 Å². The third-order valence-corrected chi connectivity index (χ3v) is 6.79. The van der Waals surface area contributed by atoms with Crippen LogP contribution in [0.2, 0.25) is 0 Å². The fourth-order valence-electron chi connectivity index (χ4n) is 5.16. The largest absolute Gasteiger partial charge is 0.401 e. The zero-order valence-corrected chi connectivity index (χ0v) is 20.5. The van der Waals surface area contributed by atoms with Gasteiger partial charge in [0.15, 0.2) is 0 Å². The minimum atomic E-state index is -4.32. The van der Waals surface area contributed by atoms with Crippen molar-refractivity contribution in [2.75, 3.05) is 32.7 Å². The smallest absolute Gasteiger partial charge is 0.390 e. The molecule has 1 amide bonds. The van der Waals surface area contributed by atoms with Gasteiger partial charge in [-0.25, -0.2) is 4.39 Å². The van der Waals surface area contributed by atoms with Crippen LogP contribution in [0.1, 0.15) is 55.7 Å². The van der Waals surface area contributed by atoms with E-state index in [1.165, 1.54) is 17.0 Å². The van der Waals surface area contributed by atoms with E-state index in [0.29, 0.717) is 31.5 Å². The molecule has 2 aliphatic heterocycles. The van der Waals surface area contributed by atoms with Crippen LogP contribution in [-0.2, 0) is 11.2 Å². The molecule has 2 saturated heterocycles. The van der Waals surface area contributed by atoms with Crippen molar-refractivity contribution in [1.29, 1.82) is 0 Å². The van der Waals surface area contributed by atoms with Crippen LogP contribution >= 0.6 is 0 Å². The van der Waals surface area contributed by atoms with Crippen LogP contribution in [0.3, 0.4) is 0 Å². The Labute approximate surface area is 210 Å². The van der Waals surface area contributed by atoms with E-state index in [4.69, 9.17) is 4.74 Å². The summed E-state index contributed by atoms with van der Waals surface area (Å²) < 4.78 is 60.8. The summed E-state index contributed by atoms with van der Waals surface area (Å²) in [5.74, 6) is -0.887. The van der Waals surface area contributed by atoms with Crippen molar-refractivity contribution in [3.05, 3.63) is 71.0 Å². The molecule has 2 fully saturated rings. The molecule has 198 valence electrons.